The lowest BCUT2D eigenvalue weighted by Gasteiger charge is -2.37. The van der Waals surface area contributed by atoms with Crippen molar-refractivity contribution in [2.75, 3.05) is 20.6 Å². The van der Waals surface area contributed by atoms with Crippen LogP contribution in [0.25, 0.3) is 0 Å². The normalized spacial score (nSPS) is 17.2. The fourth-order valence-corrected chi connectivity index (χ4v) is 3.16. The number of hydrogen-bond donors (Lipinski definition) is 0. The average molecular weight is 328 g/mol. The molecule has 1 unspecified atom stereocenters. The molecule has 24 heavy (non-hydrogen) atoms. The molecule has 3 rings (SSSR count). The van der Waals surface area contributed by atoms with Crippen molar-refractivity contribution in [3.63, 3.8) is 0 Å². The Balaban J connectivity index is 1.72. The van der Waals surface area contributed by atoms with Crippen LogP contribution < -0.4 is 0 Å². The second-order valence-electron chi connectivity index (χ2n) is 6.53. The van der Waals surface area contributed by atoms with Gasteiger partial charge in [0.15, 0.2) is 5.82 Å². The van der Waals surface area contributed by atoms with Crippen LogP contribution in [0.5, 0.6) is 0 Å². The van der Waals surface area contributed by atoms with Crippen LogP contribution in [0.3, 0.4) is 0 Å². The highest BCUT2D eigenvalue weighted by Crippen LogP contribution is 2.19. The van der Waals surface area contributed by atoms with Crippen molar-refractivity contribution in [1.29, 1.82) is 0 Å². The predicted octanol–water partition coefficient (Wildman–Crippen LogP) is 0.887. The van der Waals surface area contributed by atoms with E-state index in [0.29, 0.717) is 19.4 Å². The molecular weight excluding hydrogens is 304 g/mol. The van der Waals surface area contributed by atoms with E-state index in [-0.39, 0.29) is 11.9 Å². The first kappa shape index (κ1) is 16.6. The molecule has 0 aliphatic carbocycles. The van der Waals surface area contributed by atoms with Gasteiger partial charge in [-0.2, -0.15) is 0 Å². The summed E-state index contributed by atoms with van der Waals surface area (Å²) in [7, 11) is 4.07. The molecule has 0 aromatic carbocycles. The van der Waals surface area contributed by atoms with E-state index in [4.69, 9.17) is 0 Å². The largest absolute Gasteiger partial charge is 0.329 e. The number of likely N-dealkylation sites (N-methyl/N-ethyl adjacent to an activating group) is 1. The Bertz CT molecular complexity index is 696. The molecule has 128 valence electrons. The van der Waals surface area contributed by atoms with Gasteiger partial charge in [-0.3, -0.25) is 9.78 Å². The molecule has 0 radical (unpaired) electrons. The van der Waals surface area contributed by atoms with Crippen molar-refractivity contribution in [3.8, 4) is 0 Å². The van der Waals surface area contributed by atoms with E-state index in [2.05, 4.69) is 24.6 Å². The molecule has 0 saturated carbocycles. The Kier molecular flexibility index (Phi) is 4.89. The Morgan fingerprint density at radius 1 is 1.33 bits per heavy atom. The van der Waals surface area contributed by atoms with E-state index in [1.807, 2.05) is 44.1 Å². The lowest BCUT2D eigenvalue weighted by molar-refractivity contribution is -0.136. The number of rotatable bonds is 5. The lowest BCUT2D eigenvalue weighted by atomic mass is 10.1. The molecule has 1 atom stereocenters. The van der Waals surface area contributed by atoms with Gasteiger partial charge in [-0.25, -0.2) is 0 Å². The van der Waals surface area contributed by atoms with Crippen LogP contribution in [0.1, 0.15) is 23.8 Å². The van der Waals surface area contributed by atoms with Gasteiger partial charge < -0.3 is 14.4 Å². The molecule has 7 heteroatoms. The molecule has 0 saturated heterocycles. The van der Waals surface area contributed by atoms with E-state index < -0.39 is 0 Å². The molecule has 1 aliphatic heterocycles. The molecule has 3 heterocycles. The topological polar surface area (TPSA) is 67.2 Å². The third kappa shape index (κ3) is 3.62. The van der Waals surface area contributed by atoms with Crippen molar-refractivity contribution < 1.29 is 4.79 Å². The second kappa shape index (κ2) is 7.09. The molecule has 0 N–H and O–H groups in total. The van der Waals surface area contributed by atoms with Gasteiger partial charge in [-0.1, -0.05) is 6.07 Å². The van der Waals surface area contributed by atoms with Gasteiger partial charge >= 0.3 is 0 Å². The Morgan fingerprint density at radius 2 is 2.17 bits per heavy atom. The highest BCUT2D eigenvalue weighted by atomic mass is 16.2. The van der Waals surface area contributed by atoms with E-state index in [0.717, 1.165) is 30.4 Å². The van der Waals surface area contributed by atoms with Gasteiger partial charge in [0.05, 0.1) is 12.6 Å². The minimum atomic E-state index is 0.137. The Hall–Kier alpha value is -2.28. The maximum Gasteiger partial charge on any atom is 0.223 e. The molecular formula is C17H24N6O. The van der Waals surface area contributed by atoms with E-state index in [1.54, 1.807) is 6.20 Å². The molecule has 0 fully saturated rings. The summed E-state index contributed by atoms with van der Waals surface area (Å²) in [6, 6.07) is 5.94. The fraction of sp³-hybridized carbons (Fsp3) is 0.529. The van der Waals surface area contributed by atoms with Gasteiger partial charge in [0.25, 0.3) is 0 Å². The summed E-state index contributed by atoms with van der Waals surface area (Å²) in [5.74, 6) is 1.93. The summed E-state index contributed by atoms with van der Waals surface area (Å²) in [4.78, 5) is 21.2. The predicted molar refractivity (Wildman–Crippen MR) is 90.2 cm³/mol. The summed E-state index contributed by atoms with van der Waals surface area (Å²) in [5.41, 5.74) is 0.950. The maximum absolute atomic E-state index is 12.8. The molecule has 0 bridgehead atoms. The van der Waals surface area contributed by atoms with E-state index in [1.165, 1.54) is 0 Å². The van der Waals surface area contributed by atoms with Gasteiger partial charge in [-0.15, -0.1) is 10.2 Å². The zero-order valence-electron chi connectivity index (χ0n) is 14.5. The van der Waals surface area contributed by atoms with Gasteiger partial charge in [-0.05, 0) is 39.6 Å². The number of aryl methyl sites for hydroxylation is 2. The highest BCUT2D eigenvalue weighted by molar-refractivity contribution is 5.76. The minimum absolute atomic E-state index is 0.137. The van der Waals surface area contributed by atoms with Crippen LogP contribution in [-0.2, 0) is 24.3 Å². The highest BCUT2D eigenvalue weighted by Gasteiger charge is 2.31. The van der Waals surface area contributed by atoms with Crippen LogP contribution in [-0.4, -0.2) is 62.1 Å². The monoisotopic (exact) mass is 328 g/mol. The Labute approximate surface area is 142 Å². The van der Waals surface area contributed by atoms with E-state index >= 15 is 0 Å². The number of fused-ring (bicyclic) bond motifs is 1. The zero-order valence-corrected chi connectivity index (χ0v) is 14.5. The SMILES string of the molecule is Cc1nnc2n1CC(CN(C)C)N(C(=O)CCc1ccccn1)C2. The molecule has 1 aliphatic rings. The van der Waals surface area contributed by atoms with Gasteiger partial charge in [0.2, 0.25) is 5.91 Å². The molecule has 2 aromatic rings. The second-order valence-corrected chi connectivity index (χ2v) is 6.53. The zero-order chi connectivity index (χ0) is 17.1. The summed E-state index contributed by atoms with van der Waals surface area (Å²) in [6.45, 7) is 4.07. The first-order valence-electron chi connectivity index (χ1n) is 8.27. The fourth-order valence-electron chi connectivity index (χ4n) is 3.16. The maximum atomic E-state index is 12.8. The molecule has 0 spiro atoms. The summed E-state index contributed by atoms with van der Waals surface area (Å²) >= 11 is 0. The Morgan fingerprint density at radius 3 is 2.88 bits per heavy atom. The number of nitrogens with zero attached hydrogens (tertiary/aromatic N) is 6. The average Bonchev–Trinajstić information content (AvgIpc) is 2.93. The van der Waals surface area contributed by atoms with Crippen LogP contribution in [0.2, 0.25) is 0 Å². The van der Waals surface area contributed by atoms with Crippen molar-refractivity contribution in [2.45, 2.75) is 38.9 Å². The number of pyridine rings is 1. The van der Waals surface area contributed by atoms with Crippen molar-refractivity contribution in [2.24, 2.45) is 0 Å². The number of carbonyl (C=O) groups is 1. The van der Waals surface area contributed by atoms with Crippen LogP contribution in [0.15, 0.2) is 24.4 Å². The quantitative estimate of drug-likeness (QED) is 0.815. The summed E-state index contributed by atoms with van der Waals surface area (Å²) < 4.78 is 2.12. The number of hydrogen-bond acceptors (Lipinski definition) is 5. The summed E-state index contributed by atoms with van der Waals surface area (Å²) in [6.07, 6.45) is 2.89. The minimum Gasteiger partial charge on any atom is -0.329 e. The van der Waals surface area contributed by atoms with Crippen molar-refractivity contribution >= 4 is 5.91 Å². The van der Waals surface area contributed by atoms with Crippen molar-refractivity contribution in [1.82, 2.24) is 29.5 Å². The van der Waals surface area contributed by atoms with Crippen molar-refractivity contribution in [3.05, 3.63) is 41.7 Å². The number of amides is 1. The summed E-state index contributed by atoms with van der Waals surface area (Å²) in [5, 5.41) is 8.36. The first-order chi connectivity index (χ1) is 11.5. The first-order valence-corrected chi connectivity index (χ1v) is 8.27. The smallest absolute Gasteiger partial charge is 0.223 e. The standard InChI is InChI=1S/C17H24N6O/c1-13-19-20-16-12-23(15(10-21(2)3)11-22(13)16)17(24)8-7-14-6-4-5-9-18-14/h4-6,9,15H,7-8,10-12H2,1-3H3. The molecule has 7 nitrogen and oxygen atoms in total. The lowest BCUT2D eigenvalue weighted by Crippen LogP contribution is -2.51. The number of aromatic nitrogens is 4. The van der Waals surface area contributed by atoms with Gasteiger partial charge in [0, 0.05) is 31.4 Å². The van der Waals surface area contributed by atoms with Crippen LogP contribution in [0, 0.1) is 6.92 Å². The van der Waals surface area contributed by atoms with Crippen LogP contribution >= 0.6 is 0 Å². The van der Waals surface area contributed by atoms with Crippen LogP contribution in [0.4, 0.5) is 0 Å². The third-order valence-electron chi connectivity index (χ3n) is 4.38. The molecule has 1 amide bonds. The third-order valence-corrected chi connectivity index (χ3v) is 4.38. The van der Waals surface area contributed by atoms with Gasteiger partial charge in [0.1, 0.15) is 5.82 Å². The molecule has 2 aromatic heterocycles. The number of carbonyl (C=O) groups excluding carboxylic acids is 1. The van der Waals surface area contributed by atoms with E-state index in [9.17, 15) is 4.79 Å².